The van der Waals surface area contributed by atoms with Crippen molar-refractivity contribution in [3.63, 3.8) is 0 Å². The van der Waals surface area contributed by atoms with Crippen molar-refractivity contribution in [2.24, 2.45) is 0 Å². The number of hydrogen-bond acceptors (Lipinski definition) is 4. The molecular formula is C15H24N4O2. The molecule has 0 saturated carbocycles. The third-order valence-corrected chi connectivity index (χ3v) is 3.13. The van der Waals surface area contributed by atoms with Crippen molar-refractivity contribution in [3.8, 4) is 0 Å². The SMILES string of the molecule is CCN(CCc1ccncc1)C(=O)C(=O)NCCN(C)C. The lowest BCUT2D eigenvalue weighted by atomic mass is 10.2. The summed E-state index contributed by atoms with van der Waals surface area (Å²) in [6, 6.07) is 3.82. The molecular weight excluding hydrogens is 268 g/mol. The summed E-state index contributed by atoms with van der Waals surface area (Å²) in [6.45, 7) is 4.10. The topological polar surface area (TPSA) is 65.5 Å². The zero-order valence-corrected chi connectivity index (χ0v) is 13.0. The second-order valence-electron chi connectivity index (χ2n) is 5.05. The standard InChI is InChI=1S/C15H24N4O2/c1-4-19(11-7-13-5-8-16-9-6-13)15(21)14(20)17-10-12-18(2)3/h5-6,8-9H,4,7,10-12H2,1-3H3,(H,17,20). The maximum absolute atomic E-state index is 12.1. The second kappa shape index (κ2) is 9.07. The Bertz CT molecular complexity index is 448. The lowest BCUT2D eigenvalue weighted by Gasteiger charge is -2.20. The highest BCUT2D eigenvalue weighted by Crippen LogP contribution is 2.00. The van der Waals surface area contributed by atoms with Crippen LogP contribution in [0.5, 0.6) is 0 Å². The highest BCUT2D eigenvalue weighted by Gasteiger charge is 2.19. The predicted octanol–water partition coefficient (Wildman–Crippen LogP) is 0.150. The number of amides is 2. The van der Waals surface area contributed by atoms with Crippen LogP contribution in [0.1, 0.15) is 12.5 Å². The average molecular weight is 292 g/mol. The zero-order valence-electron chi connectivity index (χ0n) is 13.0. The molecule has 1 rings (SSSR count). The van der Waals surface area contributed by atoms with Crippen molar-refractivity contribution in [3.05, 3.63) is 30.1 Å². The van der Waals surface area contributed by atoms with E-state index in [2.05, 4.69) is 10.3 Å². The average Bonchev–Trinajstić information content (AvgIpc) is 2.48. The summed E-state index contributed by atoms with van der Waals surface area (Å²) < 4.78 is 0. The van der Waals surface area contributed by atoms with Crippen LogP contribution in [0.15, 0.2) is 24.5 Å². The number of pyridine rings is 1. The van der Waals surface area contributed by atoms with E-state index in [1.54, 1.807) is 17.3 Å². The van der Waals surface area contributed by atoms with Gasteiger partial charge in [0, 0.05) is 38.6 Å². The summed E-state index contributed by atoms with van der Waals surface area (Å²) in [6.07, 6.45) is 4.16. The fraction of sp³-hybridized carbons (Fsp3) is 0.533. The Morgan fingerprint density at radius 1 is 1.19 bits per heavy atom. The first-order chi connectivity index (χ1) is 10.0. The molecule has 1 aromatic rings. The monoisotopic (exact) mass is 292 g/mol. The van der Waals surface area contributed by atoms with Crippen LogP contribution >= 0.6 is 0 Å². The molecule has 1 aromatic heterocycles. The van der Waals surface area contributed by atoms with E-state index in [9.17, 15) is 9.59 Å². The number of nitrogens with one attached hydrogen (secondary N) is 1. The van der Waals surface area contributed by atoms with Crippen LogP contribution in [0.3, 0.4) is 0 Å². The molecule has 6 heteroatoms. The third kappa shape index (κ3) is 6.35. The predicted molar refractivity (Wildman–Crippen MR) is 81.8 cm³/mol. The summed E-state index contributed by atoms with van der Waals surface area (Å²) in [5, 5.41) is 2.64. The summed E-state index contributed by atoms with van der Waals surface area (Å²) in [4.78, 5) is 31.3. The molecule has 2 amide bonds. The molecule has 0 unspecified atom stereocenters. The van der Waals surface area contributed by atoms with Gasteiger partial charge < -0.3 is 15.1 Å². The number of likely N-dealkylation sites (N-methyl/N-ethyl adjacent to an activating group) is 2. The van der Waals surface area contributed by atoms with Crippen LogP contribution in [-0.2, 0) is 16.0 Å². The first-order valence-electron chi connectivity index (χ1n) is 7.15. The van der Waals surface area contributed by atoms with E-state index in [4.69, 9.17) is 0 Å². The Labute approximate surface area is 126 Å². The van der Waals surface area contributed by atoms with Crippen LogP contribution in [0.25, 0.3) is 0 Å². The largest absolute Gasteiger partial charge is 0.347 e. The van der Waals surface area contributed by atoms with Gasteiger partial charge in [0.05, 0.1) is 0 Å². The zero-order chi connectivity index (χ0) is 15.7. The summed E-state index contributed by atoms with van der Waals surface area (Å²) in [5.74, 6) is -1.00. The molecule has 0 spiro atoms. The molecule has 0 bridgehead atoms. The van der Waals surface area contributed by atoms with E-state index in [0.29, 0.717) is 32.6 Å². The molecule has 1 heterocycles. The molecule has 116 valence electrons. The van der Waals surface area contributed by atoms with Gasteiger partial charge in [0.15, 0.2) is 0 Å². The summed E-state index contributed by atoms with van der Waals surface area (Å²) in [5.41, 5.74) is 1.10. The maximum atomic E-state index is 12.1. The Morgan fingerprint density at radius 3 is 2.43 bits per heavy atom. The normalized spacial score (nSPS) is 10.5. The summed E-state index contributed by atoms with van der Waals surface area (Å²) >= 11 is 0. The van der Waals surface area contributed by atoms with Crippen LogP contribution in [0.4, 0.5) is 0 Å². The van der Waals surface area contributed by atoms with Crippen LogP contribution < -0.4 is 5.32 Å². The van der Waals surface area contributed by atoms with Crippen molar-refractivity contribution in [2.45, 2.75) is 13.3 Å². The highest BCUT2D eigenvalue weighted by atomic mass is 16.2. The molecule has 0 aliphatic carbocycles. The minimum Gasteiger partial charge on any atom is -0.347 e. The van der Waals surface area contributed by atoms with Crippen molar-refractivity contribution in [1.82, 2.24) is 20.1 Å². The van der Waals surface area contributed by atoms with E-state index in [1.165, 1.54) is 0 Å². The third-order valence-electron chi connectivity index (χ3n) is 3.13. The summed E-state index contributed by atoms with van der Waals surface area (Å²) in [7, 11) is 3.84. The molecule has 0 atom stereocenters. The Kier molecular flexibility index (Phi) is 7.39. The number of carbonyl (C=O) groups excluding carboxylic acids is 2. The van der Waals surface area contributed by atoms with Crippen LogP contribution in [0.2, 0.25) is 0 Å². The second-order valence-corrected chi connectivity index (χ2v) is 5.05. The first kappa shape index (κ1) is 17.1. The molecule has 0 saturated heterocycles. The maximum Gasteiger partial charge on any atom is 0.311 e. The van der Waals surface area contributed by atoms with Gasteiger partial charge in [0.2, 0.25) is 0 Å². The van der Waals surface area contributed by atoms with E-state index in [-0.39, 0.29) is 0 Å². The number of carbonyl (C=O) groups is 2. The first-order valence-corrected chi connectivity index (χ1v) is 7.15. The van der Waals surface area contributed by atoms with Crippen molar-refractivity contribution >= 4 is 11.8 Å². The lowest BCUT2D eigenvalue weighted by Crippen LogP contribution is -2.45. The number of aromatic nitrogens is 1. The molecule has 0 radical (unpaired) electrons. The van der Waals surface area contributed by atoms with Crippen LogP contribution in [0, 0.1) is 0 Å². The van der Waals surface area contributed by atoms with E-state index in [0.717, 1.165) is 5.56 Å². The van der Waals surface area contributed by atoms with Crippen molar-refractivity contribution in [1.29, 1.82) is 0 Å². The Balaban J connectivity index is 2.43. The van der Waals surface area contributed by atoms with Gasteiger partial charge in [0.1, 0.15) is 0 Å². The van der Waals surface area contributed by atoms with Gasteiger partial charge in [-0.3, -0.25) is 14.6 Å². The van der Waals surface area contributed by atoms with E-state index >= 15 is 0 Å². The molecule has 0 aliphatic rings. The molecule has 1 N–H and O–H groups in total. The Hall–Kier alpha value is -1.95. The number of rotatable bonds is 7. The van der Waals surface area contributed by atoms with Gasteiger partial charge in [-0.2, -0.15) is 0 Å². The van der Waals surface area contributed by atoms with E-state index in [1.807, 2.05) is 38.1 Å². The number of nitrogens with zero attached hydrogens (tertiary/aromatic N) is 3. The van der Waals surface area contributed by atoms with Gasteiger partial charge in [-0.05, 0) is 45.1 Å². The molecule has 0 aliphatic heterocycles. The van der Waals surface area contributed by atoms with E-state index < -0.39 is 11.8 Å². The lowest BCUT2D eigenvalue weighted by molar-refractivity contribution is -0.145. The van der Waals surface area contributed by atoms with Gasteiger partial charge in [0.25, 0.3) is 0 Å². The van der Waals surface area contributed by atoms with Gasteiger partial charge in [-0.1, -0.05) is 0 Å². The molecule has 6 nitrogen and oxygen atoms in total. The molecule has 21 heavy (non-hydrogen) atoms. The minimum atomic E-state index is -0.534. The van der Waals surface area contributed by atoms with Gasteiger partial charge >= 0.3 is 11.8 Å². The fourth-order valence-electron chi connectivity index (χ4n) is 1.83. The Morgan fingerprint density at radius 2 is 1.86 bits per heavy atom. The van der Waals surface area contributed by atoms with Crippen LogP contribution in [-0.4, -0.2) is 66.9 Å². The molecule has 0 fully saturated rings. The quantitative estimate of drug-likeness (QED) is 0.727. The van der Waals surface area contributed by atoms with Crippen molar-refractivity contribution in [2.75, 3.05) is 40.3 Å². The van der Waals surface area contributed by atoms with Gasteiger partial charge in [-0.15, -0.1) is 0 Å². The van der Waals surface area contributed by atoms with Gasteiger partial charge in [-0.25, -0.2) is 0 Å². The van der Waals surface area contributed by atoms with Crippen molar-refractivity contribution < 1.29 is 9.59 Å². The fourth-order valence-corrected chi connectivity index (χ4v) is 1.83. The minimum absolute atomic E-state index is 0.467. The smallest absolute Gasteiger partial charge is 0.311 e. The highest BCUT2D eigenvalue weighted by molar-refractivity contribution is 6.35. The number of hydrogen-bond donors (Lipinski definition) is 1. The molecule has 0 aromatic carbocycles.